The number of anilines is 1. The molecular formula is C22H20N4OS. The highest BCUT2D eigenvalue weighted by Gasteiger charge is 2.15. The summed E-state index contributed by atoms with van der Waals surface area (Å²) in [7, 11) is 0. The van der Waals surface area contributed by atoms with Crippen molar-refractivity contribution in [3.63, 3.8) is 0 Å². The van der Waals surface area contributed by atoms with Crippen LogP contribution >= 0.6 is 11.3 Å². The van der Waals surface area contributed by atoms with Crippen LogP contribution in [0.5, 0.6) is 0 Å². The molecule has 3 aromatic heterocycles. The summed E-state index contributed by atoms with van der Waals surface area (Å²) in [6, 6.07) is 15.4. The van der Waals surface area contributed by atoms with Crippen molar-refractivity contribution >= 4 is 32.7 Å². The van der Waals surface area contributed by atoms with Crippen LogP contribution in [0.2, 0.25) is 0 Å². The van der Waals surface area contributed by atoms with E-state index in [-0.39, 0.29) is 11.3 Å². The number of hydrogen-bond donors (Lipinski definition) is 1. The van der Waals surface area contributed by atoms with E-state index in [9.17, 15) is 4.79 Å². The minimum atomic E-state index is -0.172. The molecule has 0 atom stereocenters. The number of amides is 1. The Hall–Kier alpha value is -3.12. The number of carbonyl (C=O) groups is 1. The SMILES string of the molecule is CC(C)(C)c1ccc(C(=O)Nc2nc3ccc(-c4ccncc4)nc3s2)cc1. The summed E-state index contributed by atoms with van der Waals surface area (Å²) in [5, 5.41) is 3.42. The molecule has 0 unspecified atom stereocenters. The minimum absolute atomic E-state index is 0.0558. The van der Waals surface area contributed by atoms with Crippen molar-refractivity contribution < 1.29 is 4.79 Å². The molecule has 0 fully saturated rings. The summed E-state index contributed by atoms with van der Waals surface area (Å²) in [4.78, 5) is 26.5. The third-order valence-electron chi connectivity index (χ3n) is 4.47. The molecule has 4 rings (SSSR count). The monoisotopic (exact) mass is 388 g/mol. The summed E-state index contributed by atoms with van der Waals surface area (Å²) in [5.41, 5.74) is 4.47. The fourth-order valence-corrected chi connectivity index (χ4v) is 3.68. The third-order valence-corrected chi connectivity index (χ3v) is 5.35. The third kappa shape index (κ3) is 3.77. The number of carbonyl (C=O) groups excluding carboxylic acids is 1. The Morgan fingerprint density at radius 3 is 2.32 bits per heavy atom. The fourth-order valence-electron chi connectivity index (χ4n) is 2.84. The molecule has 1 aromatic carbocycles. The molecule has 0 aliphatic heterocycles. The zero-order valence-corrected chi connectivity index (χ0v) is 16.7. The zero-order valence-electron chi connectivity index (χ0n) is 15.9. The lowest BCUT2D eigenvalue weighted by molar-refractivity contribution is 0.102. The van der Waals surface area contributed by atoms with Crippen LogP contribution in [-0.4, -0.2) is 20.9 Å². The highest BCUT2D eigenvalue weighted by atomic mass is 32.1. The Morgan fingerprint density at radius 2 is 1.64 bits per heavy atom. The lowest BCUT2D eigenvalue weighted by Gasteiger charge is -2.18. The maximum absolute atomic E-state index is 12.6. The quantitative estimate of drug-likeness (QED) is 0.517. The smallest absolute Gasteiger partial charge is 0.257 e. The van der Waals surface area contributed by atoms with Crippen molar-refractivity contribution in [2.75, 3.05) is 5.32 Å². The van der Waals surface area contributed by atoms with Crippen LogP contribution < -0.4 is 5.32 Å². The van der Waals surface area contributed by atoms with Gasteiger partial charge >= 0.3 is 0 Å². The van der Waals surface area contributed by atoms with Gasteiger partial charge in [0, 0.05) is 23.5 Å². The second-order valence-electron chi connectivity index (χ2n) is 7.56. The molecule has 0 spiro atoms. The van der Waals surface area contributed by atoms with Gasteiger partial charge in [0.15, 0.2) is 5.13 Å². The molecule has 28 heavy (non-hydrogen) atoms. The van der Waals surface area contributed by atoms with Crippen LogP contribution in [-0.2, 0) is 5.41 Å². The highest BCUT2D eigenvalue weighted by molar-refractivity contribution is 7.22. The predicted octanol–water partition coefficient (Wildman–Crippen LogP) is 5.30. The van der Waals surface area contributed by atoms with Crippen molar-refractivity contribution in [1.29, 1.82) is 0 Å². The van der Waals surface area contributed by atoms with E-state index < -0.39 is 0 Å². The van der Waals surface area contributed by atoms with Gasteiger partial charge in [0.05, 0.1) is 5.69 Å². The molecule has 1 amide bonds. The first kappa shape index (κ1) is 18.3. The van der Waals surface area contributed by atoms with Gasteiger partial charge in [-0.2, -0.15) is 0 Å². The normalized spacial score (nSPS) is 11.5. The zero-order chi connectivity index (χ0) is 19.7. The number of thiazole rings is 1. The largest absolute Gasteiger partial charge is 0.298 e. The number of pyridine rings is 2. The molecule has 1 N–H and O–H groups in total. The second kappa shape index (κ2) is 7.13. The number of rotatable bonds is 3. The van der Waals surface area contributed by atoms with Crippen LogP contribution in [0.4, 0.5) is 5.13 Å². The van der Waals surface area contributed by atoms with E-state index in [1.807, 2.05) is 48.5 Å². The van der Waals surface area contributed by atoms with Crippen molar-refractivity contribution in [2.45, 2.75) is 26.2 Å². The number of nitrogens with one attached hydrogen (secondary N) is 1. The summed E-state index contributed by atoms with van der Waals surface area (Å²) in [6.45, 7) is 6.45. The average molecular weight is 388 g/mol. The summed E-state index contributed by atoms with van der Waals surface area (Å²) in [6.07, 6.45) is 3.48. The van der Waals surface area contributed by atoms with Gasteiger partial charge in [0.1, 0.15) is 10.3 Å². The van der Waals surface area contributed by atoms with E-state index in [4.69, 9.17) is 0 Å². The topological polar surface area (TPSA) is 67.8 Å². The number of nitrogens with zero attached hydrogens (tertiary/aromatic N) is 3. The van der Waals surface area contributed by atoms with Crippen LogP contribution in [0.1, 0.15) is 36.7 Å². The molecule has 140 valence electrons. The molecule has 0 saturated heterocycles. The van der Waals surface area contributed by atoms with E-state index in [1.165, 1.54) is 16.9 Å². The number of fused-ring (bicyclic) bond motifs is 1. The molecule has 3 heterocycles. The van der Waals surface area contributed by atoms with Crippen molar-refractivity contribution in [2.24, 2.45) is 0 Å². The number of benzene rings is 1. The molecule has 5 nitrogen and oxygen atoms in total. The molecule has 6 heteroatoms. The second-order valence-corrected chi connectivity index (χ2v) is 8.53. The molecule has 4 aromatic rings. The lowest BCUT2D eigenvalue weighted by Crippen LogP contribution is -2.14. The number of aromatic nitrogens is 3. The maximum atomic E-state index is 12.6. The van der Waals surface area contributed by atoms with Crippen LogP contribution in [0, 0.1) is 0 Å². The van der Waals surface area contributed by atoms with Crippen LogP contribution in [0.3, 0.4) is 0 Å². The first-order valence-corrected chi connectivity index (χ1v) is 9.82. The van der Waals surface area contributed by atoms with Gasteiger partial charge in [-0.25, -0.2) is 9.97 Å². The van der Waals surface area contributed by atoms with Gasteiger partial charge in [0.2, 0.25) is 0 Å². The standard InChI is InChI=1S/C22H20N4OS/c1-22(2,3)16-6-4-15(5-7-16)19(27)26-21-25-18-9-8-17(24-20(18)28-21)14-10-12-23-13-11-14/h4-13H,1-3H3,(H,25,26,27). The van der Waals surface area contributed by atoms with E-state index in [0.717, 1.165) is 21.6 Å². The van der Waals surface area contributed by atoms with Gasteiger partial charge in [-0.3, -0.25) is 15.1 Å². The molecule has 0 aliphatic carbocycles. The van der Waals surface area contributed by atoms with E-state index in [1.54, 1.807) is 12.4 Å². The summed E-state index contributed by atoms with van der Waals surface area (Å²) in [5.74, 6) is -0.172. The molecule has 0 aliphatic rings. The molecule has 0 saturated carbocycles. The Labute approximate surface area is 167 Å². The van der Waals surface area contributed by atoms with E-state index in [0.29, 0.717) is 10.7 Å². The Balaban J connectivity index is 1.55. The summed E-state index contributed by atoms with van der Waals surface area (Å²) >= 11 is 1.37. The Morgan fingerprint density at radius 1 is 0.929 bits per heavy atom. The minimum Gasteiger partial charge on any atom is -0.298 e. The number of hydrogen-bond acceptors (Lipinski definition) is 5. The lowest BCUT2D eigenvalue weighted by atomic mass is 9.87. The van der Waals surface area contributed by atoms with Gasteiger partial charge in [0.25, 0.3) is 5.91 Å². The van der Waals surface area contributed by atoms with Gasteiger partial charge in [-0.15, -0.1) is 0 Å². The Bertz CT molecular complexity index is 1130. The highest BCUT2D eigenvalue weighted by Crippen LogP contribution is 2.28. The molecule has 0 bridgehead atoms. The molecule has 0 radical (unpaired) electrons. The van der Waals surface area contributed by atoms with Crippen molar-refractivity contribution in [3.05, 3.63) is 72.1 Å². The molecular weight excluding hydrogens is 368 g/mol. The van der Waals surface area contributed by atoms with E-state index >= 15 is 0 Å². The average Bonchev–Trinajstić information content (AvgIpc) is 3.09. The maximum Gasteiger partial charge on any atom is 0.257 e. The van der Waals surface area contributed by atoms with Gasteiger partial charge < -0.3 is 0 Å². The van der Waals surface area contributed by atoms with Crippen molar-refractivity contribution in [3.8, 4) is 11.3 Å². The van der Waals surface area contributed by atoms with Gasteiger partial charge in [-0.05, 0) is 47.4 Å². The predicted molar refractivity (Wildman–Crippen MR) is 114 cm³/mol. The van der Waals surface area contributed by atoms with Gasteiger partial charge in [-0.1, -0.05) is 44.2 Å². The van der Waals surface area contributed by atoms with Crippen molar-refractivity contribution in [1.82, 2.24) is 15.0 Å². The first-order chi connectivity index (χ1) is 13.4. The fraction of sp³-hybridized carbons (Fsp3) is 0.182. The van der Waals surface area contributed by atoms with E-state index in [2.05, 4.69) is 41.0 Å². The summed E-state index contributed by atoms with van der Waals surface area (Å²) < 4.78 is 0. The Kier molecular flexibility index (Phi) is 4.65. The first-order valence-electron chi connectivity index (χ1n) is 9.00. The van der Waals surface area contributed by atoms with Crippen LogP contribution in [0.15, 0.2) is 60.9 Å². The van der Waals surface area contributed by atoms with Crippen LogP contribution in [0.25, 0.3) is 21.6 Å².